The van der Waals surface area contributed by atoms with Gasteiger partial charge in [-0.3, -0.25) is 0 Å². The average molecular weight is 421 g/mol. The zero-order valence-corrected chi connectivity index (χ0v) is 20.2. The Labute approximate surface area is 187 Å². The molecule has 0 bridgehead atoms. The second kappa shape index (κ2) is 10.2. The molecule has 1 aliphatic rings. The smallest absolute Gasteiger partial charge is 0.211 e. The highest BCUT2D eigenvalue weighted by molar-refractivity contribution is 5.50. The quantitative estimate of drug-likeness (QED) is 0.350. The van der Waals surface area contributed by atoms with Gasteiger partial charge in [0, 0.05) is 5.92 Å². The Balaban J connectivity index is 2.63. The van der Waals surface area contributed by atoms with Gasteiger partial charge in [-0.05, 0) is 57.9 Å². The zero-order valence-electron chi connectivity index (χ0n) is 20.2. The molecule has 31 heavy (non-hydrogen) atoms. The first-order valence-corrected chi connectivity index (χ1v) is 11.3. The van der Waals surface area contributed by atoms with Gasteiger partial charge in [0.25, 0.3) is 0 Å². The Bertz CT molecular complexity index is 909. The van der Waals surface area contributed by atoms with Crippen LogP contribution in [0.5, 0.6) is 0 Å². The number of hydrogen-bond acceptors (Lipinski definition) is 4. The summed E-state index contributed by atoms with van der Waals surface area (Å²) in [6, 6.07) is 6.89. The lowest BCUT2D eigenvalue weighted by atomic mass is 9.70. The third-order valence-corrected chi connectivity index (χ3v) is 6.18. The maximum Gasteiger partial charge on any atom is 0.237 e. The summed E-state index contributed by atoms with van der Waals surface area (Å²) in [5.41, 5.74) is 4.73. The Morgan fingerprint density at radius 2 is 1.35 bits per heavy atom. The van der Waals surface area contributed by atoms with Crippen LogP contribution in [0.3, 0.4) is 0 Å². The van der Waals surface area contributed by atoms with Crippen molar-refractivity contribution < 1.29 is 9.59 Å². The van der Waals surface area contributed by atoms with Gasteiger partial charge in [0.15, 0.2) is 0 Å². The Hall–Kier alpha value is -2.54. The fraction of sp³-hybridized carbons (Fsp3) is 0.556. The van der Waals surface area contributed by atoms with E-state index in [0.717, 1.165) is 17.6 Å². The number of isocyanates is 2. The van der Waals surface area contributed by atoms with E-state index in [4.69, 9.17) is 0 Å². The van der Waals surface area contributed by atoms with E-state index in [1.54, 1.807) is 12.2 Å². The van der Waals surface area contributed by atoms with Gasteiger partial charge in [-0.1, -0.05) is 85.7 Å². The van der Waals surface area contributed by atoms with Crippen molar-refractivity contribution in [1.82, 2.24) is 0 Å². The molecule has 1 aliphatic carbocycles. The number of carbonyl (C=O) groups excluding carboxylic acids is 2. The van der Waals surface area contributed by atoms with Crippen LogP contribution in [0.4, 0.5) is 0 Å². The lowest BCUT2D eigenvalue weighted by Gasteiger charge is -2.39. The van der Waals surface area contributed by atoms with Crippen molar-refractivity contribution in [3.8, 4) is 0 Å². The van der Waals surface area contributed by atoms with Crippen LogP contribution < -0.4 is 0 Å². The largest absolute Gasteiger partial charge is 0.237 e. The minimum atomic E-state index is -1.25. The van der Waals surface area contributed by atoms with E-state index >= 15 is 0 Å². The number of hydrogen-bond donors (Lipinski definition) is 0. The minimum absolute atomic E-state index is 0.0624. The molecule has 1 atom stereocenters. The summed E-state index contributed by atoms with van der Waals surface area (Å²) >= 11 is 0. The molecule has 4 nitrogen and oxygen atoms in total. The fourth-order valence-corrected chi connectivity index (χ4v) is 4.44. The average Bonchev–Trinajstić information content (AvgIpc) is 2.68. The Morgan fingerprint density at radius 3 is 1.74 bits per heavy atom. The van der Waals surface area contributed by atoms with Crippen LogP contribution in [0.15, 0.2) is 51.5 Å². The second-order valence-corrected chi connectivity index (χ2v) is 9.89. The van der Waals surface area contributed by atoms with Gasteiger partial charge in [-0.15, -0.1) is 0 Å². The summed E-state index contributed by atoms with van der Waals surface area (Å²) in [4.78, 5) is 30.8. The highest BCUT2D eigenvalue weighted by Crippen LogP contribution is 2.45. The first-order chi connectivity index (χ1) is 14.5. The molecule has 0 aromatic heterocycles. The molecule has 0 aliphatic heterocycles. The molecule has 0 fully saturated rings. The van der Waals surface area contributed by atoms with E-state index in [2.05, 4.69) is 81.9 Å². The van der Waals surface area contributed by atoms with Crippen molar-refractivity contribution in [2.45, 2.75) is 79.3 Å². The summed E-state index contributed by atoms with van der Waals surface area (Å²) in [5.74, 6) is 0.886. The minimum Gasteiger partial charge on any atom is -0.211 e. The summed E-state index contributed by atoms with van der Waals surface area (Å²) in [5, 5.41) is 0. The van der Waals surface area contributed by atoms with E-state index in [0.29, 0.717) is 11.8 Å². The monoisotopic (exact) mass is 420 g/mol. The van der Waals surface area contributed by atoms with Crippen molar-refractivity contribution >= 4 is 12.2 Å². The maximum atomic E-state index is 11.3. The fourth-order valence-electron chi connectivity index (χ4n) is 4.44. The molecule has 4 heteroatoms. The molecule has 0 saturated carbocycles. The normalized spacial score (nSPS) is 21.1. The van der Waals surface area contributed by atoms with E-state index in [1.807, 2.05) is 13.8 Å². The van der Waals surface area contributed by atoms with Gasteiger partial charge in [0.05, 0.1) is 0 Å². The van der Waals surface area contributed by atoms with Gasteiger partial charge in [0.2, 0.25) is 17.8 Å². The topological polar surface area (TPSA) is 58.9 Å². The van der Waals surface area contributed by atoms with Crippen molar-refractivity contribution in [1.29, 1.82) is 0 Å². The molecule has 2 rings (SSSR count). The van der Waals surface area contributed by atoms with Gasteiger partial charge >= 0.3 is 0 Å². The van der Waals surface area contributed by atoms with Crippen LogP contribution >= 0.6 is 0 Å². The van der Waals surface area contributed by atoms with Gasteiger partial charge in [0.1, 0.15) is 0 Å². The summed E-state index contributed by atoms with van der Waals surface area (Å²) in [7, 11) is 0. The molecule has 0 amide bonds. The Kier molecular flexibility index (Phi) is 8.12. The third kappa shape index (κ3) is 5.39. The number of allylic oxidation sites excluding steroid dienone is 2. The molecule has 1 unspecified atom stereocenters. The van der Waals surface area contributed by atoms with Crippen molar-refractivity contribution in [3.05, 3.63) is 58.2 Å². The van der Waals surface area contributed by atoms with Gasteiger partial charge < -0.3 is 0 Å². The first kappa shape index (κ1) is 24.7. The van der Waals surface area contributed by atoms with E-state index in [-0.39, 0.29) is 17.8 Å². The van der Waals surface area contributed by atoms with Crippen molar-refractivity contribution in [2.24, 2.45) is 27.7 Å². The van der Waals surface area contributed by atoms with Crippen LogP contribution in [-0.4, -0.2) is 17.8 Å². The van der Waals surface area contributed by atoms with Gasteiger partial charge in [-0.25, -0.2) is 9.59 Å². The molecule has 1 aromatic carbocycles. The molecular weight excluding hydrogens is 384 g/mol. The van der Waals surface area contributed by atoms with Crippen molar-refractivity contribution in [2.75, 3.05) is 0 Å². The molecule has 0 heterocycles. The SMILES string of the molecule is CC(C)C1=CC(Cc2cc(C(C)C)cc(C(C)C)c2)=CC(C(C)C)C1(N=C=O)N=C=O. The zero-order chi connectivity index (χ0) is 23.3. The van der Waals surface area contributed by atoms with Crippen LogP contribution in [0.1, 0.15) is 83.9 Å². The molecule has 0 spiro atoms. The second-order valence-electron chi connectivity index (χ2n) is 9.89. The summed E-state index contributed by atoms with van der Waals surface area (Å²) in [6.45, 7) is 17.1. The molecule has 1 aromatic rings. The summed E-state index contributed by atoms with van der Waals surface area (Å²) < 4.78 is 0. The summed E-state index contributed by atoms with van der Waals surface area (Å²) in [6.07, 6.45) is 8.33. The lowest BCUT2D eigenvalue weighted by Crippen LogP contribution is -2.42. The van der Waals surface area contributed by atoms with Crippen LogP contribution in [0.2, 0.25) is 0 Å². The van der Waals surface area contributed by atoms with E-state index in [9.17, 15) is 9.59 Å². The van der Waals surface area contributed by atoms with Gasteiger partial charge in [-0.2, -0.15) is 9.98 Å². The van der Waals surface area contributed by atoms with Crippen molar-refractivity contribution in [3.63, 3.8) is 0 Å². The highest BCUT2D eigenvalue weighted by Gasteiger charge is 2.46. The molecular formula is C27H36N2O2. The van der Waals surface area contributed by atoms with Crippen LogP contribution in [0.25, 0.3) is 0 Å². The molecule has 166 valence electrons. The standard InChI is InChI=1S/C27H36N2O2/c1-17(2)23-10-21(11-24(14-23)18(3)4)9-22-12-25(19(5)6)27(28-15-30,29-16-31)26(13-22)20(7)8/h10-14,17-20,25H,9H2,1-8H3. The lowest BCUT2D eigenvalue weighted by molar-refractivity contribution is 0.286. The van der Waals surface area contributed by atoms with E-state index < -0.39 is 5.66 Å². The maximum absolute atomic E-state index is 11.3. The number of aliphatic imine (C=N–C) groups is 2. The first-order valence-electron chi connectivity index (χ1n) is 11.3. The number of nitrogens with zero attached hydrogens (tertiary/aromatic N) is 2. The molecule has 0 N–H and O–H groups in total. The Morgan fingerprint density at radius 1 is 0.839 bits per heavy atom. The number of benzene rings is 1. The van der Waals surface area contributed by atoms with Crippen LogP contribution in [-0.2, 0) is 16.0 Å². The predicted octanol–water partition coefficient (Wildman–Crippen LogP) is 6.64. The molecule has 0 saturated heterocycles. The molecule has 0 radical (unpaired) electrons. The highest BCUT2D eigenvalue weighted by atomic mass is 16.1. The van der Waals surface area contributed by atoms with Crippen LogP contribution in [0, 0.1) is 17.8 Å². The predicted molar refractivity (Wildman–Crippen MR) is 127 cm³/mol. The third-order valence-electron chi connectivity index (χ3n) is 6.18. The van der Waals surface area contributed by atoms with E-state index in [1.165, 1.54) is 16.7 Å². The number of rotatable bonds is 8.